The van der Waals surface area contributed by atoms with E-state index in [1.807, 2.05) is 0 Å². The van der Waals surface area contributed by atoms with Crippen LogP contribution in [-0.2, 0) is 14.6 Å². The standard InChI is InChI=1S/C13H24N2O4S/c1-4-5-6-7-8-13(2)11(16)15(12(17)14-13)9-10-20(3,18)19/h4-10H2,1-3H3,(H,14,17)/t13-/m1/s1. The fraction of sp³-hybridized carbons (Fsp3) is 0.846. The number of unbranched alkanes of at least 4 members (excludes halogenated alkanes) is 3. The van der Waals surface area contributed by atoms with Crippen LogP contribution in [0.1, 0.15) is 46.0 Å². The number of urea groups is 1. The Morgan fingerprint density at radius 3 is 2.40 bits per heavy atom. The van der Waals surface area contributed by atoms with E-state index < -0.39 is 21.4 Å². The van der Waals surface area contributed by atoms with Crippen LogP contribution in [0.15, 0.2) is 0 Å². The fourth-order valence-corrected chi connectivity index (χ4v) is 2.80. The Morgan fingerprint density at radius 2 is 1.85 bits per heavy atom. The maximum atomic E-state index is 12.3. The van der Waals surface area contributed by atoms with Gasteiger partial charge in [0.05, 0.1) is 5.75 Å². The van der Waals surface area contributed by atoms with Crippen LogP contribution in [0.3, 0.4) is 0 Å². The second kappa shape index (κ2) is 6.56. The lowest BCUT2D eigenvalue weighted by atomic mass is 9.94. The average Bonchev–Trinajstić information content (AvgIpc) is 2.53. The molecule has 3 amide bonds. The molecule has 116 valence electrons. The Labute approximate surface area is 120 Å². The van der Waals surface area contributed by atoms with Gasteiger partial charge in [0.2, 0.25) is 0 Å². The first-order chi connectivity index (χ1) is 9.19. The highest BCUT2D eigenvalue weighted by Crippen LogP contribution is 2.23. The lowest BCUT2D eigenvalue weighted by Gasteiger charge is -2.21. The van der Waals surface area contributed by atoms with Crippen molar-refractivity contribution in [3.63, 3.8) is 0 Å². The fourth-order valence-electron chi connectivity index (χ4n) is 2.28. The summed E-state index contributed by atoms with van der Waals surface area (Å²) >= 11 is 0. The minimum atomic E-state index is -3.19. The second-order valence-corrected chi connectivity index (χ2v) is 7.92. The monoisotopic (exact) mass is 304 g/mol. The predicted molar refractivity (Wildman–Crippen MR) is 77.1 cm³/mol. The molecular weight excluding hydrogens is 280 g/mol. The molecule has 1 saturated heterocycles. The van der Waals surface area contributed by atoms with Gasteiger partial charge in [-0.15, -0.1) is 0 Å². The first-order valence-electron chi connectivity index (χ1n) is 7.01. The topological polar surface area (TPSA) is 83.6 Å². The molecule has 1 rings (SSSR count). The molecule has 0 spiro atoms. The van der Waals surface area contributed by atoms with Crippen molar-refractivity contribution in [1.29, 1.82) is 0 Å². The Kier molecular flexibility index (Phi) is 5.56. The molecule has 0 aliphatic carbocycles. The van der Waals surface area contributed by atoms with Crippen LogP contribution in [0.5, 0.6) is 0 Å². The third-order valence-electron chi connectivity index (χ3n) is 3.56. The van der Waals surface area contributed by atoms with Gasteiger partial charge in [0.25, 0.3) is 5.91 Å². The zero-order valence-electron chi connectivity index (χ0n) is 12.4. The van der Waals surface area contributed by atoms with Crippen molar-refractivity contribution in [2.45, 2.75) is 51.5 Å². The number of carbonyl (C=O) groups is 2. The van der Waals surface area contributed by atoms with E-state index in [1.165, 1.54) is 0 Å². The highest BCUT2D eigenvalue weighted by Gasteiger charge is 2.47. The smallest absolute Gasteiger partial charge is 0.323 e. The highest BCUT2D eigenvalue weighted by atomic mass is 32.2. The number of rotatable bonds is 8. The normalized spacial score (nSPS) is 23.2. The van der Waals surface area contributed by atoms with Crippen LogP contribution in [0, 0.1) is 0 Å². The second-order valence-electron chi connectivity index (χ2n) is 5.66. The molecule has 1 aliphatic rings. The molecule has 1 heterocycles. The Hall–Kier alpha value is -1.11. The number of hydrogen-bond donors (Lipinski definition) is 1. The zero-order chi connectivity index (χ0) is 15.4. The van der Waals surface area contributed by atoms with Gasteiger partial charge in [-0.2, -0.15) is 0 Å². The van der Waals surface area contributed by atoms with Gasteiger partial charge in [0.15, 0.2) is 0 Å². The van der Waals surface area contributed by atoms with Gasteiger partial charge in [-0.05, 0) is 13.3 Å². The van der Waals surface area contributed by atoms with Crippen LogP contribution in [0.25, 0.3) is 0 Å². The van der Waals surface area contributed by atoms with Crippen molar-refractivity contribution in [3.05, 3.63) is 0 Å². The van der Waals surface area contributed by atoms with Crippen molar-refractivity contribution < 1.29 is 18.0 Å². The molecule has 7 heteroatoms. The Bertz CT molecular complexity index is 475. The van der Waals surface area contributed by atoms with E-state index in [4.69, 9.17) is 0 Å². The van der Waals surface area contributed by atoms with Crippen LogP contribution >= 0.6 is 0 Å². The van der Waals surface area contributed by atoms with Crippen molar-refractivity contribution >= 4 is 21.8 Å². The quantitative estimate of drug-likeness (QED) is 0.541. The molecule has 0 aromatic rings. The van der Waals surface area contributed by atoms with E-state index in [1.54, 1.807) is 6.92 Å². The minimum absolute atomic E-state index is 0.0753. The summed E-state index contributed by atoms with van der Waals surface area (Å²) in [6.45, 7) is 3.74. The molecule has 6 nitrogen and oxygen atoms in total. The summed E-state index contributed by atoms with van der Waals surface area (Å²) in [5.41, 5.74) is -0.887. The first kappa shape index (κ1) is 16.9. The predicted octanol–water partition coefficient (Wildman–Crippen LogP) is 1.31. The average molecular weight is 304 g/mol. The number of amides is 3. The summed E-state index contributed by atoms with van der Waals surface area (Å²) in [7, 11) is -3.19. The van der Waals surface area contributed by atoms with Crippen LogP contribution in [-0.4, -0.2) is 49.3 Å². The highest BCUT2D eigenvalue weighted by molar-refractivity contribution is 7.90. The van der Waals surface area contributed by atoms with Crippen LogP contribution < -0.4 is 5.32 Å². The maximum absolute atomic E-state index is 12.3. The lowest BCUT2D eigenvalue weighted by Crippen LogP contribution is -2.44. The summed E-state index contributed by atoms with van der Waals surface area (Å²) in [6, 6.07) is -0.489. The largest absolute Gasteiger partial charge is 0.325 e. The molecule has 0 bridgehead atoms. The summed E-state index contributed by atoms with van der Waals surface area (Å²) in [4.78, 5) is 25.1. The van der Waals surface area contributed by atoms with E-state index in [-0.39, 0.29) is 18.2 Å². The summed E-state index contributed by atoms with van der Waals surface area (Å²) < 4.78 is 22.3. The van der Waals surface area contributed by atoms with E-state index in [0.29, 0.717) is 6.42 Å². The molecule has 0 unspecified atom stereocenters. The van der Waals surface area contributed by atoms with Gasteiger partial charge < -0.3 is 5.32 Å². The van der Waals surface area contributed by atoms with Crippen molar-refractivity contribution in [1.82, 2.24) is 10.2 Å². The van der Waals surface area contributed by atoms with Crippen LogP contribution in [0.2, 0.25) is 0 Å². The molecule has 0 saturated carbocycles. The number of hydrogen-bond acceptors (Lipinski definition) is 4. The van der Waals surface area contributed by atoms with Gasteiger partial charge in [-0.25, -0.2) is 13.2 Å². The first-order valence-corrected chi connectivity index (χ1v) is 9.07. The molecule has 20 heavy (non-hydrogen) atoms. The lowest BCUT2D eigenvalue weighted by molar-refractivity contribution is -0.130. The van der Waals surface area contributed by atoms with Crippen molar-refractivity contribution in [2.75, 3.05) is 18.6 Å². The minimum Gasteiger partial charge on any atom is -0.323 e. The summed E-state index contributed by atoms with van der Waals surface area (Å²) in [5.74, 6) is -0.513. The van der Waals surface area contributed by atoms with Crippen molar-refractivity contribution in [3.8, 4) is 0 Å². The van der Waals surface area contributed by atoms with Gasteiger partial charge in [0.1, 0.15) is 15.4 Å². The van der Waals surface area contributed by atoms with E-state index in [0.717, 1.165) is 36.8 Å². The number of imide groups is 1. The number of sulfone groups is 1. The molecular formula is C13H24N2O4S. The van der Waals surface area contributed by atoms with Gasteiger partial charge in [-0.1, -0.05) is 32.6 Å². The van der Waals surface area contributed by atoms with E-state index in [2.05, 4.69) is 12.2 Å². The third kappa shape index (κ3) is 4.47. The van der Waals surface area contributed by atoms with E-state index >= 15 is 0 Å². The third-order valence-corrected chi connectivity index (χ3v) is 4.49. The van der Waals surface area contributed by atoms with Crippen LogP contribution in [0.4, 0.5) is 4.79 Å². The molecule has 1 N–H and O–H groups in total. The van der Waals surface area contributed by atoms with E-state index in [9.17, 15) is 18.0 Å². The number of carbonyl (C=O) groups excluding carboxylic acids is 2. The van der Waals surface area contributed by atoms with Gasteiger partial charge in [-0.3, -0.25) is 9.69 Å². The Balaban J connectivity index is 2.60. The molecule has 1 atom stereocenters. The SMILES string of the molecule is CCCCCC[C@@]1(C)NC(=O)N(CCS(C)(=O)=O)C1=O. The molecule has 1 fully saturated rings. The molecule has 0 aromatic carbocycles. The number of nitrogens with zero attached hydrogens (tertiary/aromatic N) is 1. The van der Waals surface area contributed by atoms with Gasteiger partial charge >= 0.3 is 6.03 Å². The number of nitrogens with one attached hydrogen (secondary N) is 1. The zero-order valence-corrected chi connectivity index (χ0v) is 13.3. The summed E-state index contributed by atoms with van der Waals surface area (Å²) in [5, 5.41) is 2.69. The van der Waals surface area contributed by atoms with Crippen molar-refractivity contribution in [2.24, 2.45) is 0 Å². The molecule has 0 aromatic heterocycles. The molecule has 1 aliphatic heterocycles. The maximum Gasteiger partial charge on any atom is 0.325 e. The van der Waals surface area contributed by atoms with Gasteiger partial charge in [0, 0.05) is 12.8 Å². The summed E-state index contributed by atoms with van der Waals surface area (Å²) in [6.07, 6.45) is 5.80. The Morgan fingerprint density at radius 1 is 1.20 bits per heavy atom. The molecule has 0 radical (unpaired) electrons.